The Morgan fingerprint density at radius 3 is 2.68 bits per heavy atom. The summed E-state index contributed by atoms with van der Waals surface area (Å²) in [6, 6.07) is 9.40. The van der Waals surface area contributed by atoms with Gasteiger partial charge in [0.05, 0.1) is 6.21 Å². The molecule has 11 nitrogen and oxygen atoms in total. The topological polar surface area (TPSA) is 140 Å². The van der Waals surface area contributed by atoms with Gasteiger partial charge in [-0.25, -0.2) is 10.1 Å². The molecule has 28 heavy (non-hydrogen) atoms. The van der Waals surface area contributed by atoms with Crippen molar-refractivity contribution in [3.63, 3.8) is 0 Å². The van der Waals surface area contributed by atoms with Gasteiger partial charge in [-0.15, -0.1) is 5.10 Å². The minimum atomic E-state index is -0.498. The molecular weight excluding hydrogens is 362 g/mol. The molecule has 3 aromatic rings. The van der Waals surface area contributed by atoms with E-state index < -0.39 is 5.91 Å². The molecule has 0 saturated heterocycles. The van der Waals surface area contributed by atoms with Gasteiger partial charge in [0.15, 0.2) is 5.69 Å². The van der Waals surface area contributed by atoms with E-state index in [0.717, 1.165) is 18.7 Å². The minimum absolute atomic E-state index is 0.00104. The van der Waals surface area contributed by atoms with Crippen molar-refractivity contribution in [2.24, 2.45) is 5.10 Å². The van der Waals surface area contributed by atoms with Gasteiger partial charge in [0.2, 0.25) is 11.6 Å². The Morgan fingerprint density at radius 1 is 1.29 bits per heavy atom. The highest BCUT2D eigenvalue weighted by atomic mass is 16.6. The maximum absolute atomic E-state index is 12.8. The van der Waals surface area contributed by atoms with Crippen molar-refractivity contribution in [3.8, 4) is 5.82 Å². The third kappa shape index (κ3) is 4.20. The summed E-state index contributed by atoms with van der Waals surface area (Å²) in [6.45, 7) is 6.08. The summed E-state index contributed by atoms with van der Waals surface area (Å²) in [5, 5.41) is 19.4. The Hall–Kier alpha value is -3.60. The number of aromatic nitrogens is 5. The zero-order valence-corrected chi connectivity index (χ0v) is 15.6. The summed E-state index contributed by atoms with van der Waals surface area (Å²) < 4.78 is 5.83. The van der Waals surface area contributed by atoms with Crippen LogP contribution in [-0.4, -0.2) is 55.4 Å². The number of nitrogens with zero attached hydrogens (tertiary/aromatic N) is 7. The second-order valence-electron chi connectivity index (χ2n) is 5.84. The van der Waals surface area contributed by atoms with Crippen LogP contribution in [0.4, 0.5) is 5.82 Å². The number of anilines is 1. The summed E-state index contributed by atoms with van der Waals surface area (Å²) in [4.78, 5) is 14.9. The summed E-state index contributed by atoms with van der Waals surface area (Å²) in [5.74, 6) is -0.404. The van der Waals surface area contributed by atoms with Gasteiger partial charge in [0.1, 0.15) is 5.69 Å². The number of hydrogen-bond donors (Lipinski definition) is 2. The first-order valence-corrected chi connectivity index (χ1v) is 8.77. The van der Waals surface area contributed by atoms with Crippen LogP contribution in [-0.2, 0) is 6.54 Å². The molecule has 0 saturated carbocycles. The van der Waals surface area contributed by atoms with Crippen molar-refractivity contribution in [3.05, 3.63) is 47.3 Å². The van der Waals surface area contributed by atoms with Crippen molar-refractivity contribution in [2.75, 3.05) is 18.8 Å². The van der Waals surface area contributed by atoms with Crippen LogP contribution in [0.3, 0.4) is 0 Å². The predicted molar refractivity (Wildman–Crippen MR) is 102 cm³/mol. The minimum Gasteiger partial charge on any atom is -0.378 e. The lowest BCUT2D eigenvalue weighted by molar-refractivity contribution is 0.0945. The van der Waals surface area contributed by atoms with Crippen LogP contribution in [0, 0.1) is 0 Å². The largest absolute Gasteiger partial charge is 0.378 e. The second-order valence-corrected chi connectivity index (χ2v) is 5.84. The summed E-state index contributed by atoms with van der Waals surface area (Å²) >= 11 is 0. The van der Waals surface area contributed by atoms with Crippen molar-refractivity contribution < 1.29 is 9.42 Å². The van der Waals surface area contributed by atoms with Gasteiger partial charge in [0, 0.05) is 6.54 Å². The van der Waals surface area contributed by atoms with Crippen molar-refractivity contribution in [2.45, 2.75) is 20.4 Å². The number of nitrogens with one attached hydrogen (secondary N) is 1. The second kappa shape index (κ2) is 8.86. The molecule has 0 aliphatic carbocycles. The molecule has 0 atom stereocenters. The van der Waals surface area contributed by atoms with Crippen LogP contribution < -0.4 is 11.2 Å². The molecule has 0 bridgehead atoms. The quantitative estimate of drug-likeness (QED) is 0.431. The molecular formula is C17H21N9O2. The number of hydrazone groups is 1. The Labute approximate surface area is 161 Å². The standard InChI is InChI=1S/C17H21N9O2/c1-3-25(4-2)11-13-14(26(24-20-13)16-15(18)22-28-23-16)17(27)21-19-10-12-8-6-5-7-9-12/h5-10H,3-4,11H2,1-2H3,(H2,18,22)(H,21,27)/b19-10+. The number of nitrogen functional groups attached to an aromatic ring is 1. The Morgan fingerprint density at radius 2 is 2.04 bits per heavy atom. The first-order chi connectivity index (χ1) is 13.6. The highest BCUT2D eigenvalue weighted by Gasteiger charge is 2.25. The van der Waals surface area contributed by atoms with Crippen LogP contribution in [0.1, 0.15) is 35.6 Å². The molecule has 2 heterocycles. The number of carbonyl (C=O) groups is 1. The van der Waals surface area contributed by atoms with Crippen molar-refractivity contribution in [1.82, 2.24) is 35.6 Å². The van der Waals surface area contributed by atoms with Crippen molar-refractivity contribution >= 4 is 17.9 Å². The van der Waals surface area contributed by atoms with Crippen LogP contribution in [0.2, 0.25) is 0 Å². The average Bonchev–Trinajstić information content (AvgIpc) is 3.32. The molecule has 0 fully saturated rings. The van der Waals surface area contributed by atoms with E-state index in [1.54, 1.807) is 6.21 Å². The van der Waals surface area contributed by atoms with Gasteiger partial charge >= 0.3 is 0 Å². The van der Waals surface area contributed by atoms with Crippen molar-refractivity contribution in [1.29, 1.82) is 0 Å². The normalized spacial score (nSPS) is 11.4. The van der Waals surface area contributed by atoms with Gasteiger partial charge < -0.3 is 5.73 Å². The molecule has 0 radical (unpaired) electrons. The number of amides is 1. The number of benzene rings is 1. The third-order valence-corrected chi connectivity index (χ3v) is 4.10. The lowest BCUT2D eigenvalue weighted by atomic mass is 10.2. The van der Waals surface area contributed by atoms with Crippen LogP contribution >= 0.6 is 0 Å². The highest BCUT2D eigenvalue weighted by molar-refractivity contribution is 5.95. The third-order valence-electron chi connectivity index (χ3n) is 4.10. The van der Waals surface area contributed by atoms with Gasteiger partial charge in [-0.05, 0) is 29.0 Å². The maximum Gasteiger partial charge on any atom is 0.292 e. The molecule has 0 unspecified atom stereocenters. The lowest BCUT2D eigenvalue weighted by Gasteiger charge is -2.16. The van der Waals surface area contributed by atoms with Crippen LogP contribution in [0.15, 0.2) is 40.1 Å². The fraction of sp³-hybridized carbons (Fsp3) is 0.294. The highest BCUT2D eigenvalue weighted by Crippen LogP contribution is 2.17. The summed E-state index contributed by atoms with van der Waals surface area (Å²) in [5.41, 5.74) is 9.74. The number of rotatable bonds is 8. The SMILES string of the molecule is CCN(CC)Cc1nnn(-c2nonc2N)c1C(=O)N/N=C/c1ccccc1. The Balaban J connectivity index is 1.89. The fourth-order valence-corrected chi connectivity index (χ4v) is 2.55. The Bertz CT molecular complexity index is 945. The zero-order valence-electron chi connectivity index (χ0n) is 15.6. The molecule has 2 aromatic heterocycles. The molecule has 146 valence electrons. The summed E-state index contributed by atoms with van der Waals surface area (Å²) in [7, 11) is 0. The molecule has 3 rings (SSSR count). The number of carbonyl (C=O) groups excluding carboxylic acids is 1. The molecule has 0 aliphatic heterocycles. The van der Waals surface area contributed by atoms with E-state index in [1.165, 1.54) is 4.68 Å². The van der Waals surface area contributed by atoms with Crippen LogP contribution in [0.5, 0.6) is 0 Å². The molecule has 0 aliphatic rings. The maximum atomic E-state index is 12.8. The average molecular weight is 383 g/mol. The van der Waals surface area contributed by atoms with Crippen LogP contribution in [0.25, 0.3) is 5.82 Å². The molecule has 1 aromatic carbocycles. The predicted octanol–water partition coefficient (Wildman–Crippen LogP) is 0.838. The monoisotopic (exact) mass is 383 g/mol. The number of nitrogens with two attached hydrogens (primary N) is 1. The van der Waals surface area contributed by atoms with E-state index in [-0.39, 0.29) is 17.3 Å². The van der Waals surface area contributed by atoms with Gasteiger partial charge in [0.25, 0.3) is 5.91 Å². The van der Waals surface area contributed by atoms with E-state index in [9.17, 15) is 4.79 Å². The molecule has 3 N–H and O–H groups in total. The van der Waals surface area contributed by atoms with Gasteiger partial charge in [-0.1, -0.05) is 49.4 Å². The van der Waals surface area contributed by atoms with E-state index >= 15 is 0 Å². The molecule has 11 heteroatoms. The van der Waals surface area contributed by atoms with E-state index in [1.807, 2.05) is 44.2 Å². The van der Waals surface area contributed by atoms with Gasteiger partial charge in [-0.3, -0.25) is 9.69 Å². The smallest absolute Gasteiger partial charge is 0.292 e. The summed E-state index contributed by atoms with van der Waals surface area (Å²) in [6.07, 6.45) is 1.54. The van der Waals surface area contributed by atoms with Gasteiger partial charge in [-0.2, -0.15) is 9.78 Å². The Kier molecular flexibility index (Phi) is 6.07. The first-order valence-electron chi connectivity index (χ1n) is 8.77. The number of hydrogen-bond acceptors (Lipinski definition) is 9. The van der Waals surface area contributed by atoms with E-state index in [0.29, 0.717) is 12.2 Å². The molecule has 1 amide bonds. The first kappa shape index (κ1) is 19.2. The fourth-order valence-electron chi connectivity index (χ4n) is 2.55. The zero-order chi connectivity index (χ0) is 19.9. The molecule has 0 spiro atoms. The van der Waals surface area contributed by atoms with E-state index in [4.69, 9.17) is 5.73 Å². The van der Waals surface area contributed by atoms with E-state index in [2.05, 4.69) is 40.7 Å². The lowest BCUT2D eigenvalue weighted by Crippen LogP contribution is -2.27.